The predicted molar refractivity (Wildman–Crippen MR) is 67.5 cm³/mol. The van der Waals surface area contributed by atoms with E-state index in [1.165, 1.54) is 0 Å². The Labute approximate surface area is 102 Å². The maximum atomic E-state index is 9.29. The predicted octanol–water partition coefficient (Wildman–Crippen LogP) is 3.24. The second-order valence-electron chi connectivity index (χ2n) is 4.06. The average molecular weight is 222 g/mol. The van der Waals surface area contributed by atoms with E-state index >= 15 is 0 Å². The molecule has 0 saturated heterocycles. The Morgan fingerprint density at radius 3 is 2.59 bits per heavy atom. The van der Waals surface area contributed by atoms with E-state index in [1.807, 2.05) is 49.4 Å². The summed E-state index contributed by atoms with van der Waals surface area (Å²) in [6, 6.07) is 16.2. The normalized spacial score (nSPS) is 11.8. The molecular weight excluding hydrogens is 208 g/mol. The van der Waals surface area contributed by atoms with Crippen LogP contribution in [0.1, 0.15) is 22.7 Å². The minimum atomic E-state index is -0.119. The van der Waals surface area contributed by atoms with Crippen molar-refractivity contribution < 1.29 is 0 Å². The Hall–Kier alpha value is -2.14. The number of rotatable bonds is 3. The number of aromatic nitrogens is 1. The van der Waals surface area contributed by atoms with Crippen LogP contribution in [0.3, 0.4) is 0 Å². The van der Waals surface area contributed by atoms with Gasteiger partial charge in [0.2, 0.25) is 0 Å². The molecular formula is C15H14N2. The van der Waals surface area contributed by atoms with E-state index in [0.29, 0.717) is 6.42 Å². The van der Waals surface area contributed by atoms with Gasteiger partial charge in [-0.15, -0.1) is 0 Å². The van der Waals surface area contributed by atoms with Crippen molar-refractivity contribution in [2.75, 3.05) is 0 Å². The van der Waals surface area contributed by atoms with Gasteiger partial charge in [-0.2, -0.15) is 5.26 Å². The fraction of sp³-hybridized carbons (Fsp3) is 0.200. The molecule has 0 saturated carbocycles. The topological polar surface area (TPSA) is 36.7 Å². The molecule has 1 aromatic heterocycles. The molecule has 84 valence electrons. The third-order valence-corrected chi connectivity index (χ3v) is 2.86. The van der Waals surface area contributed by atoms with Crippen LogP contribution in [0.25, 0.3) is 0 Å². The van der Waals surface area contributed by atoms with Gasteiger partial charge < -0.3 is 0 Å². The average Bonchev–Trinajstić information content (AvgIpc) is 2.38. The molecule has 0 fully saturated rings. The molecule has 0 aliphatic heterocycles. The van der Waals surface area contributed by atoms with E-state index in [1.54, 1.807) is 6.20 Å². The zero-order valence-corrected chi connectivity index (χ0v) is 9.80. The van der Waals surface area contributed by atoms with E-state index in [9.17, 15) is 5.26 Å². The third-order valence-electron chi connectivity index (χ3n) is 2.86. The highest BCUT2D eigenvalue weighted by Gasteiger charge is 2.13. The zero-order valence-electron chi connectivity index (χ0n) is 9.80. The molecule has 0 aliphatic rings. The standard InChI is InChI=1S/C15H14N2/c1-12-6-2-3-8-15(12)13(11-16)10-14-7-4-5-9-17-14/h2-9,13H,10H2,1H3. The minimum absolute atomic E-state index is 0.119. The van der Waals surface area contributed by atoms with Gasteiger partial charge in [0.1, 0.15) is 0 Å². The highest BCUT2D eigenvalue weighted by Crippen LogP contribution is 2.22. The van der Waals surface area contributed by atoms with E-state index in [-0.39, 0.29) is 5.92 Å². The maximum absolute atomic E-state index is 9.29. The summed E-state index contributed by atoms with van der Waals surface area (Å²) < 4.78 is 0. The fourth-order valence-corrected chi connectivity index (χ4v) is 1.93. The van der Waals surface area contributed by atoms with Gasteiger partial charge in [-0.3, -0.25) is 4.98 Å². The summed E-state index contributed by atoms with van der Waals surface area (Å²) in [5.74, 6) is -0.119. The summed E-state index contributed by atoms with van der Waals surface area (Å²) in [6.07, 6.45) is 2.43. The number of nitriles is 1. The van der Waals surface area contributed by atoms with Gasteiger partial charge in [0.25, 0.3) is 0 Å². The second-order valence-corrected chi connectivity index (χ2v) is 4.06. The highest BCUT2D eigenvalue weighted by molar-refractivity contribution is 5.33. The van der Waals surface area contributed by atoms with Gasteiger partial charge in [-0.25, -0.2) is 0 Å². The van der Waals surface area contributed by atoms with Gasteiger partial charge in [-0.05, 0) is 30.2 Å². The van der Waals surface area contributed by atoms with Crippen LogP contribution >= 0.6 is 0 Å². The Morgan fingerprint density at radius 1 is 1.18 bits per heavy atom. The first-order valence-electron chi connectivity index (χ1n) is 5.66. The van der Waals surface area contributed by atoms with Crippen molar-refractivity contribution in [1.82, 2.24) is 4.98 Å². The van der Waals surface area contributed by atoms with Gasteiger partial charge >= 0.3 is 0 Å². The molecule has 2 heteroatoms. The van der Waals surface area contributed by atoms with Crippen LogP contribution in [0.5, 0.6) is 0 Å². The Morgan fingerprint density at radius 2 is 1.94 bits per heavy atom. The maximum Gasteiger partial charge on any atom is 0.0770 e. The lowest BCUT2D eigenvalue weighted by atomic mass is 9.92. The molecule has 0 aliphatic carbocycles. The molecule has 1 heterocycles. The molecule has 2 rings (SSSR count). The Bertz CT molecular complexity index is 526. The molecule has 1 atom stereocenters. The lowest BCUT2D eigenvalue weighted by molar-refractivity contribution is 0.815. The lowest BCUT2D eigenvalue weighted by Gasteiger charge is -2.11. The first kappa shape index (κ1) is 11.3. The van der Waals surface area contributed by atoms with Gasteiger partial charge in [0.15, 0.2) is 0 Å². The van der Waals surface area contributed by atoms with Gasteiger partial charge in [-0.1, -0.05) is 30.3 Å². The lowest BCUT2D eigenvalue weighted by Crippen LogP contribution is -2.03. The summed E-state index contributed by atoms with van der Waals surface area (Å²) in [7, 11) is 0. The third kappa shape index (κ3) is 2.70. The molecule has 0 spiro atoms. The Balaban J connectivity index is 2.25. The fourth-order valence-electron chi connectivity index (χ4n) is 1.93. The minimum Gasteiger partial charge on any atom is -0.261 e. The molecule has 17 heavy (non-hydrogen) atoms. The van der Waals surface area contributed by atoms with Crippen LogP contribution in [0.15, 0.2) is 48.7 Å². The van der Waals surface area contributed by atoms with Crippen molar-refractivity contribution >= 4 is 0 Å². The van der Waals surface area contributed by atoms with Crippen molar-refractivity contribution in [3.63, 3.8) is 0 Å². The summed E-state index contributed by atoms with van der Waals surface area (Å²) in [6.45, 7) is 2.04. The molecule has 0 N–H and O–H groups in total. The zero-order chi connectivity index (χ0) is 12.1. The first-order valence-corrected chi connectivity index (χ1v) is 5.66. The van der Waals surface area contributed by atoms with Crippen molar-refractivity contribution in [2.45, 2.75) is 19.3 Å². The van der Waals surface area contributed by atoms with E-state index in [4.69, 9.17) is 0 Å². The smallest absolute Gasteiger partial charge is 0.0770 e. The molecule has 1 unspecified atom stereocenters. The number of aryl methyl sites for hydroxylation is 1. The molecule has 0 amide bonds. The van der Waals surface area contributed by atoms with Crippen LogP contribution < -0.4 is 0 Å². The largest absolute Gasteiger partial charge is 0.261 e. The summed E-state index contributed by atoms with van der Waals surface area (Å²) in [4.78, 5) is 4.27. The van der Waals surface area contributed by atoms with Crippen molar-refractivity contribution in [2.24, 2.45) is 0 Å². The van der Waals surface area contributed by atoms with Crippen LogP contribution in [0.4, 0.5) is 0 Å². The number of hydrogen-bond acceptors (Lipinski definition) is 2. The monoisotopic (exact) mass is 222 g/mol. The summed E-state index contributed by atoms with van der Waals surface area (Å²) in [5.41, 5.74) is 3.22. The first-order chi connectivity index (χ1) is 8.31. The van der Waals surface area contributed by atoms with Crippen molar-refractivity contribution in [3.05, 3.63) is 65.5 Å². The number of nitrogens with zero attached hydrogens (tertiary/aromatic N) is 2. The molecule has 1 aromatic carbocycles. The molecule has 0 bridgehead atoms. The van der Waals surface area contributed by atoms with E-state index in [0.717, 1.165) is 16.8 Å². The second kappa shape index (κ2) is 5.27. The highest BCUT2D eigenvalue weighted by atomic mass is 14.7. The van der Waals surface area contributed by atoms with Crippen molar-refractivity contribution in [1.29, 1.82) is 5.26 Å². The van der Waals surface area contributed by atoms with Gasteiger partial charge in [0.05, 0.1) is 12.0 Å². The number of benzene rings is 1. The summed E-state index contributed by atoms with van der Waals surface area (Å²) >= 11 is 0. The van der Waals surface area contributed by atoms with Crippen LogP contribution in [0.2, 0.25) is 0 Å². The number of hydrogen-bond donors (Lipinski definition) is 0. The van der Waals surface area contributed by atoms with Crippen LogP contribution in [0, 0.1) is 18.3 Å². The quantitative estimate of drug-likeness (QED) is 0.799. The molecule has 2 nitrogen and oxygen atoms in total. The Kier molecular flexibility index (Phi) is 3.52. The van der Waals surface area contributed by atoms with Crippen LogP contribution in [-0.2, 0) is 6.42 Å². The van der Waals surface area contributed by atoms with E-state index < -0.39 is 0 Å². The van der Waals surface area contributed by atoms with E-state index in [2.05, 4.69) is 11.1 Å². The SMILES string of the molecule is Cc1ccccc1C(C#N)Cc1ccccn1. The van der Waals surface area contributed by atoms with Gasteiger partial charge in [0, 0.05) is 18.3 Å². The molecule has 2 aromatic rings. The van der Waals surface area contributed by atoms with Crippen LogP contribution in [-0.4, -0.2) is 4.98 Å². The number of pyridine rings is 1. The molecule has 0 radical (unpaired) electrons. The van der Waals surface area contributed by atoms with Crippen molar-refractivity contribution in [3.8, 4) is 6.07 Å². The summed E-state index contributed by atoms with van der Waals surface area (Å²) in [5, 5.41) is 9.29.